The zero-order valence-electron chi connectivity index (χ0n) is 7.69. The lowest BCUT2D eigenvalue weighted by molar-refractivity contribution is -0.116. The van der Waals surface area contributed by atoms with Crippen molar-refractivity contribution < 1.29 is 9.59 Å². The minimum Gasteiger partial charge on any atom is -0.345 e. The molecule has 0 heterocycles. The summed E-state index contributed by atoms with van der Waals surface area (Å²) < 4.78 is 0. The molecule has 3 nitrogen and oxygen atoms in total. The highest BCUT2D eigenvalue weighted by Crippen LogP contribution is 1.98. The first-order valence-electron chi connectivity index (χ1n) is 4.22. The molecule has 72 valence electrons. The maximum atomic E-state index is 11.4. The van der Waals surface area contributed by atoms with Crippen LogP contribution < -0.4 is 5.32 Å². The molecule has 0 aromatic heterocycles. The van der Waals surface area contributed by atoms with Gasteiger partial charge in [0.15, 0.2) is 5.78 Å². The number of nitrogens with one attached hydrogen (secondary N) is 1. The zero-order valence-corrected chi connectivity index (χ0v) is 7.69. The first kappa shape index (κ1) is 10.2. The molecule has 1 amide bonds. The highest BCUT2D eigenvalue weighted by molar-refractivity contribution is 6.00. The molecule has 0 bridgehead atoms. The predicted octanol–water partition coefficient (Wildman–Crippen LogP) is 1.17. The molecular weight excluding hydrogens is 178 g/mol. The largest absolute Gasteiger partial charge is 0.345 e. The molecule has 0 fully saturated rings. The summed E-state index contributed by atoms with van der Waals surface area (Å²) in [6.45, 7) is 3.30. The van der Waals surface area contributed by atoms with Crippen molar-refractivity contribution in [3.8, 4) is 0 Å². The van der Waals surface area contributed by atoms with E-state index >= 15 is 0 Å². The Balaban J connectivity index is 2.52. The third-order valence-corrected chi connectivity index (χ3v) is 1.70. The summed E-state index contributed by atoms with van der Waals surface area (Å²) in [7, 11) is 0. The Morgan fingerprint density at radius 3 is 2.50 bits per heavy atom. The number of Topliss-reactive ketones (excluding diaryl/α,β-unsaturated/α-hetero) is 1. The minimum atomic E-state index is -0.339. The van der Waals surface area contributed by atoms with Gasteiger partial charge in [0.25, 0.3) is 0 Å². The second-order valence-corrected chi connectivity index (χ2v) is 2.71. The molecule has 0 aliphatic rings. The molecule has 0 spiro atoms. The predicted molar refractivity (Wildman–Crippen MR) is 54.0 cm³/mol. The second-order valence-electron chi connectivity index (χ2n) is 2.71. The number of carbonyl (C=O) groups is 2. The van der Waals surface area contributed by atoms with Gasteiger partial charge < -0.3 is 5.32 Å². The maximum Gasteiger partial charge on any atom is 0.243 e. The van der Waals surface area contributed by atoms with Crippen LogP contribution in [0.3, 0.4) is 0 Å². The Kier molecular flexibility index (Phi) is 3.61. The van der Waals surface area contributed by atoms with Crippen LogP contribution in [0.1, 0.15) is 10.4 Å². The molecule has 0 aliphatic carbocycles. The molecular formula is C11H11NO2. The molecule has 0 aliphatic heterocycles. The highest BCUT2D eigenvalue weighted by atomic mass is 16.2. The van der Waals surface area contributed by atoms with E-state index in [0.29, 0.717) is 5.56 Å². The van der Waals surface area contributed by atoms with Crippen molar-refractivity contribution in [3.05, 3.63) is 48.6 Å². The number of amides is 1. The van der Waals surface area contributed by atoms with E-state index in [1.165, 1.54) is 0 Å². The quantitative estimate of drug-likeness (QED) is 0.571. The molecule has 0 unspecified atom stereocenters. The molecule has 1 aromatic carbocycles. The van der Waals surface area contributed by atoms with Gasteiger partial charge in [0.2, 0.25) is 5.91 Å². The van der Waals surface area contributed by atoms with E-state index in [1.54, 1.807) is 24.3 Å². The third kappa shape index (κ3) is 2.86. The Hall–Kier alpha value is -1.90. The average Bonchev–Trinajstić information content (AvgIpc) is 2.26. The van der Waals surface area contributed by atoms with Gasteiger partial charge in [-0.2, -0.15) is 0 Å². The van der Waals surface area contributed by atoms with Crippen molar-refractivity contribution in [1.29, 1.82) is 0 Å². The Labute approximate surface area is 82.4 Å². The van der Waals surface area contributed by atoms with Crippen LogP contribution in [0, 0.1) is 0 Å². The first-order chi connectivity index (χ1) is 6.74. The van der Waals surface area contributed by atoms with Crippen LogP contribution in [0.15, 0.2) is 43.0 Å². The van der Waals surface area contributed by atoms with E-state index in [1.807, 2.05) is 6.07 Å². The number of benzene rings is 1. The normalized spacial score (nSPS) is 9.14. The highest BCUT2D eigenvalue weighted by Gasteiger charge is 2.04. The van der Waals surface area contributed by atoms with Crippen molar-refractivity contribution in [2.24, 2.45) is 0 Å². The number of rotatable bonds is 4. The van der Waals surface area contributed by atoms with Crippen LogP contribution in [0.2, 0.25) is 0 Å². The number of carbonyl (C=O) groups excluding carboxylic acids is 2. The number of ketones is 1. The minimum absolute atomic E-state index is 0.00880. The molecule has 0 radical (unpaired) electrons. The summed E-state index contributed by atoms with van der Waals surface area (Å²) in [5, 5.41) is 2.42. The van der Waals surface area contributed by atoms with Gasteiger partial charge in [0.05, 0.1) is 6.54 Å². The van der Waals surface area contributed by atoms with Crippen LogP contribution in [0.25, 0.3) is 0 Å². The molecule has 0 saturated carbocycles. The molecule has 1 N–H and O–H groups in total. The molecule has 1 rings (SSSR count). The molecule has 0 saturated heterocycles. The fourth-order valence-corrected chi connectivity index (χ4v) is 0.966. The van der Waals surface area contributed by atoms with Crippen LogP contribution >= 0.6 is 0 Å². The van der Waals surface area contributed by atoms with E-state index in [-0.39, 0.29) is 18.2 Å². The summed E-state index contributed by atoms with van der Waals surface area (Å²) in [6.07, 6.45) is 1.14. The fraction of sp³-hybridized carbons (Fsp3) is 0.0909. The molecule has 3 heteroatoms. The van der Waals surface area contributed by atoms with Gasteiger partial charge in [-0.1, -0.05) is 36.9 Å². The van der Waals surface area contributed by atoms with E-state index < -0.39 is 0 Å². The molecule has 0 atom stereocenters. The van der Waals surface area contributed by atoms with Gasteiger partial charge in [0, 0.05) is 5.56 Å². The summed E-state index contributed by atoms with van der Waals surface area (Å²) in [6, 6.07) is 8.81. The fourth-order valence-electron chi connectivity index (χ4n) is 0.966. The third-order valence-electron chi connectivity index (χ3n) is 1.70. The van der Waals surface area contributed by atoms with Crippen LogP contribution in [-0.2, 0) is 4.79 Å². The Morgan fingerprint density at radius 1 is 1.29 bits per heavy atom. The summed E-state index contributed by atoms with van der Waals surface area (Å²) in [5.74, 6) is -0.449. The maximum absolute atomic E-state index is 11.4. The van der Waals surface area contributed by atoms with Gasteiger partial charge >= 0.3 is 0 Å². The topological polar surface area (TPSA) is 46.2 Å². The second kappa shape index (κ2) is 4.97. The van der Waals surface area contributed by atoms with Crippen molar-refractivity contribution in [1.82, 2.24) is 5.32 Å². The standard InChI is InChI=1S/C11H11NO2/c1-2-11(14)12-8-10(13)9-6-4-3-5-7-9/h2-7H,1,8H2,(H,12,14). The van der Waals surface area contributed by atoms with Crippen molar-refractivity contribution in [3.63, 3.8) is 0 Å². The number of hydrogen-bond acceptors (Lipinski definition) is 2. The van der Waals surface area contributed by atoms with Crippen molar-refractivity contribution in [2.75, 3.05) is 6.54 Å². The van der Waals surface area contributed by atoms with Gasteiger partial charge in [-0.05, 0) is 6.08 Å². The summed E-state index contributed by atoms with van der Waals surface area (Å²) >= 11 is 0. The van der Waals surface area contributed by atoms with Crippen molar-refractivity contribution in [2.45, 2.75) is 0 Å². The van der Waals surface area contributed by atoms with Gasteiger partial charge in [0.1, 0.15) is 0 Å². The van der Waals surface area contributed by atoms with Gasteiger partial charge in [-0.3, -0.25) is 9.59 Å². The lowest BCUT2D eigenvalue weighted by Gasteiger charge is -2.00. The first-order valence-corrected chi connectivity index (χ1v) is 4.22. The zero-order chi connectivity index (χ0) is 10.4. The van der Waals surface area contributed by atoms with Gasteiger partial charge in [-0.25, -0.2) is 0 Å². The van der Waals surface area contributed by atoms with E-state index in [9.17, 15) is 9.59 Å². The van der Waals surface area contributed by atoms with Crippen LogP contribution in [-0.4, -0.2) is 18.2 Å². The smallest absolute Gasteiger partial charge is 0.243 e. The molecule has 14 heavy (non-hydrogen) atoms. The van der Waals surface area contributed by atoms with E-state index in [4.69, 9.17) is 0 Å². The Bertz CT molecular complexity index is 344. The summed E-state index contributed by atoms with van der Waals surface area (Å²) in [5.41, 5.74) is 0.594. The summed E-state index contributed by atoms with van der Waals surface area (Å²) in [4.78, 5) is 22.2. The Morgan fingerprint density at radius 2 is 1.93 bits per heavy atom. The van der Waals surface area contributed by atoms with Gasteiger partial charge in [-0.15, -0.1) is 0 Å². The van der Waals surface area contributed by atoms with E-state index in [0.717, 1.165) is 6.08 Å². The van der Waals surface area contributed by atoms with Crippen LogP contribution in [0.4, 0.5) is 0 Å². The molecule has 1 aromatic rings. The lowest BCUT2D eigenvalue weighted by atomic mass is 10.1. The van der Waals surface area contributed by atoms with Crippen molar-refractivity contribution >= 4 is 11.7 Å². The SMILES string of the molecule is C=CC(=O)NCC(=O)c1ccccc1. The number of hydrogen-bond donors (Lipinski definition) is 1. The average molecular weight is 189 g/mol. The lowest BCUT2D eigenvalue weighted by Crippen LogP contribution is -2.27. The monoisotopic (exact) mass is 189 g/mol. The van der Waals surface area contributed by atoms with Crippen LogP contribution in [0.5, 0.6) is 0 Å². The van der Waals surface area contributed by atoms with E-state index in [2.05, 4.69) is 11.9 Å².